The molecule has 23 heavy (non-hydrogen) atoms. The van der Waals surface area contributed by atoms with E-state index in [4.69, 9.17) is 9.15 Å². The highest BCUT2D eigenvalue weighted by Crippen LogP contribution is 2.28. The Morgan fingerprint density at radius 3 is 2.74 bits per heavy atom. The van der Waals surface area contributed by atoms with Crippen LogP contribution in [0.2, 0.25) is 0 Å². The Hall–Kier alpha value is -2.28. The molecule has 0 unspecified atom stereocenters. The van der Waals surface area contributed by atoms with E-state index in [9.17, 15) is 9.59 Å². The Morgan fingerprint density at radius 1 is 1.26 bits per heavy atom. The normalized spacial score (nSPS) is 10.2. The predicted octanol–water partition coefficient (Wildman–Crippen LogP) is 3.33. The lowest BCUT2D eigenvalue weighted by atomic mass is 10.3. The van der Waals surface area contributed by atoms with Gasteiger partial charge in [0.25, 0.3) is 5.91 Å². The minimum atomic E-state index is -0.391. The number of hydrogen-bond donors (Lipinski definition) is 2. The highest BCUT2D eigenvalue weighted by atomic mass is 79.9. The van der Waals surface area contributed by atoms with E-state index in [0.717, 1.165) is 4.47 Å². The summed E-state index contributed by atoms with van der Waals surface area (Å²) in [5.41, 5.74) is 0.547. The average Bonchev–Trinajstić information content (AvgIpc) is 2.97. The van der Waals surface area contributed by atoms with Gasteiger partial charge < -0.3 is 19.8 Å². The molecule has 0 saturated heterocycles. The van der Waals surface area contributed by atoms with Crippen LogP contribution < -0.4 is 15.4 Å². The standard InChI is InChI=1S/C16H17BrN2O4/c1-3-22-14-6-4-11(17)8-13(14)19-16(21)15-7-5-12(23-15)9-18-10(2)20/h4-8H,3,9H2,1-2H3,(H,18,20)(H,19,21). The summed E-state index contributed by atoms with van der Waals surface area (Å²) in [6.07, 6.45) is 0. The van der Waals surface area contributed by atoms with Crippen LogP contribution in [0.3, 0.4) is 0 Å². The molecule has 0 radical (unpaired) electrons. The van der Waals surface area contributed by atoms with Gasteiger partial charge in [-0.3, -0.25) is 9.59 Å². The molecule has 0 saturated carbocycles. The van der Waals surface area contributed by atoms with Gasteiger partial charge >= 0.3 is 0 Å². The van der Waals surface area contributed by atoms with Crippen molar-refractivity contribution in [3.8, 4) is 5.75 Å². The minimum Gasteiger partial charge on any atom is -0.492 e. The van der Waals surface area contributed by atoms with Gasteiger partial charge in [0, 0.05) is 11.4 Å². The van der Waals surface area contributed by atoms with Crippen LogP contribution in [0.15, 0.2) is 39.2 Å². The third kappa shape index (κ3) is 4.85. The molecule has 2 amide bonds. The van der Waals surface area contributed by atoms with Crippen LogP contribution in [0.1, 0.15) is 30.2 Å². The number of rotatable bonds is 6. The van der Waals surface area contributed by atoms with Crippen LogP contribution in [0, 0.1) is 0 Å². The van der Waals surface area contributed by atoms with E-state index in [0.29, 0.717) is 23.8 Å². The van der Waals surface area contributed by atoms with E-state index in [2.05, 4.69) is 26.6 Å². The van der Waals surface area contributed by atoms with Crippen molar-refractivity contribution in [1.29, 1.82) is 0 Å². The smallest absolute Gasteiger partial charge is 0.291 e. The molecule has 0 spiro atoms. The second-order valence-electron chi connectivity index (χ2n) is 4.70. The fourth-order valence-corrected chi connectivity index (χ4v) is 2.23. The third-order valence-corrected chi connectivity index (χ3v) is 3.38. The molecule has 0 bridgehead atoms. The summed E-state index contributed by atoms with van der Waals surface area (Å²) in [4.78, 5) is 23.1. The topological polar surface area (TPSA) is 80.6 Å². The minimum absolute atomic E-state index is 0.160. The van der Waals surface area contributed by atoms with Crippen molar-refractivity contribution in [3.63, 3.8) is 0 Å². The molecule has 0 aliphatic carbocycles. The summed E-state index contributed by atoms with van der Waals surface area (Å²) in [6, 6.07) is 8.57. The molecule has 1 aromatic heterocycles. The molecule has 0 atom stereocenters. The zero-order valence-corrected chi connectivity index (χ0v) is 14.4. The van der Waals surface area contributed by atoms with Crippen LogP contribution in [0.5, 0.6) is 5.75 Å². The summed E-state index contributed by atoms with van der Waals surface area (Å²) in [5.74, 6) is 0.687. The van der Waals surface area contributed by atoms with Gasteiger partial charge in [-0.15, -0.1) is 0 Å². The molecule has 0 aliphatic rings. The molecular formula is C16H17BrN2O4. The monoisotopic (exact) mass is 380 g/mol. The van der Waals surface area contributed by atoms with Crippen molar-refractivity contribution in [2.75, 3.05) is 11.9 Å². The van der Waals surface area contributed by atoms with Crippen LogP contribution in [0.4, 0.5) is 5.69 Å². The number of halogens is 1. The largest absolute Gasteiger partial charge is 0.492 e. The average molecular weight is 381 g/mol. The van der Waals surface area contributed by atoms with Crippen molar-refractivity contribution in [2.24, 2.45) is 0 Å². The molecule has 7 heteroatoms. The number of amides is 2. The molecule has 2 aromatic rings. The van der Waals surface area contributed by atoms with Gasteiger partial charge in [0.2, 0.25) is 5.91 Å². The van der Waals surface area contributed by atoms with Gasteiger partial charge in [0.05, 0.1) is 18.8 Å². The maximum atomic E-state index is 12.3. The Kier molecular flexibility index (Phi) is 5.81. The Labute approximate surface area is 142 Å². The molecule has 122 valence electrons. The zero-order chi connectivity index (χ0) is 16.8. The molecule has 6 nitrogen and oxygen atoms in total. The molecule has 2 N–H and O–H groups in total. The number of hydrogen-bond acceptors (Lipinski definition) is 4. The fraction of sp³-hybridized carbons (Fsp3) is 0.250. The maximum Gasteiger partial charge on any atom is 0.291 e. The van der Waals surface area contributed by atoms with Gasteiger partial charge in [-0.1, -0.05) is 15.9 Å². The summed E-state index contributed by atoms with van der Waals surface area (Å²) in [6.45, 7) is 4.02. The molecule has 0 fully saturated rings. The SMILES string of the molecule is CCOc1ccc(Br)cc1NC(=O)c1ccc(CNC(C)=O)o1. The number of carbonyl (C=O) groups excluding carboxylic acids is 2. The number of nitrogens with one attached hydrogen (secondary N) is 2. The molecule has 1 aromatic carbocycles. The van der Waals surface area contributed by atoms with Crippen LogP contribution >= 0.6 is 15.9 Å². The first-order valence-corrected chi connectivity index (χ1v) is 7.85. The molecular weight excluding hydrogens is 364 g/mol. The van der Waals surface area contributed by atoms with Gasteiger partial charge in [0.1, 0.15) is 11.5 Å². The van der Waals surface area contributed by atoms with E-state index in [-0.39, 0.29) is 18.2 Å². The van der Waals surface area contributed by atoms with Gasteiger partial charge in [-0.2, -0.15) is 0 Å². The lowest BCUT2D eigenvalue weighted by molar-refractivity contribution is -0.119. The molecule has 1 heterocycles. The van der Waals surface area contributed by atoms with E-state index >= 15 is 0 Å². The first-order valence-electron chi connectivity index (χ1n) is 7.06. The number of ether oxygens (including phenoxy) is 1. The Balaban J connectivity index is 2.10. The Bertz CT molecular complexity index is 712. The van der Waals surface area contributed by atoms with Crippen LogP contribution in [-0.4, -0.2) is 18.4 Å². The van der Waals surface area contributed by atoms with Crippen LogP contribution in [-0.2, 0) is 11.3 Å². The van der Waals surface area contributed by atoms with E-state index < -0.39 is 5.91 Å². The van der Waals surface area contributed by atoms with Crippen molar-refractivity contribution in [2.45, 2.75) is 20.4 Å². The lowest BCUT2D eigenvalue weighted by Crippen LogP contribution is -2.18. The summed E-state index contributed by atoms with van der Waals surface area (Å²) in [7, 11) is 0. The first kappa shape index (κ1) is 17.1. The molecule has 0 aliphatic heterocycles. The highest BCUT2D eigenvalue weighted by Gasteiger charge is 2.14. The Morgan fingerprint density at radius 2 is 2.04 bits per heavy atom. The van der Waals surface area contributed by atoms with Crippen molar-refractivity contribution in [1.82, 2.24) is 5.32 Å². The van der Waals surface area contributed by atoms with Gasteiger partial charge in [-0.05, 0) is 37.3 Å². The van der Waals surface area contributed by atoms with Gasteiger partial charge in [0.15, 0.2) is 5.76 Å². The number of benzene rings is 1. The first-order chi connectivity index (χ1) is 11.0. The maximum absolute atomic E-state index is 12.3. The van der Waals surface area contributed by atoms with Crippen molar-refractivity contribution in [3.05, 3.63) is 46.3 Å². The zero-order valence-electron chi connectivity index (χ0n) is 12.8. The third-order valence-electron chi connectivity index (χ3n) is 2.89. The summed E-state index contributed by atoms with van der Waals surface area (Å²) in [5, 5.41) is 5.36. The van der Waals surface area contributed by atoms with E-state index in [1.54, 1.807) is 24.3 Å². The highest BCUT2D eigenvalue weighted by molar-refractivity contribution is 9.10. The van der Waals surface area contributed by atoms with E-state index in [1.165, 1.54) is 6.92 Å². The van der Waals surface area contributed by atoms with Crippen LogP contribution in [0.25, 0.3) is 0 Å². The number of anilines is 1. The fourth-order valence-electron chi connectivity index (χ4n) is 1.87. The predicted molar refractivity (Wildman–Crippen MR) is 89.5 cm³/mol. The quantitative estimate of drug-likeness (QED) is 0.805. The van der Waals surface area contributed by atoms with Gasteiger partial charge in [-0.25, -0.2) is 0 Å². The number of furan rings is 1. The van der Waals surface area contributed by atoms with Crippen molar-refractivity contribution >= 4 is 33.4 Å². The lowest BCUT2D eigenvalue weighted by Gasteiger charge is -2.11. The second-order valence-corrected chi connectivity index (χ2v) is 5.62. The second kappa shape index (κ2) is 7.82. The van der Waals surface area contributed by atoms with E-state index in [1.807, 2.05) is 13.0 Å². The molecule has 2 rings (SSSR count). The summed E-state index contributed by atoms with van der Waals surface area (Å²) >= 11 is 3.36. The number of carbonyl (C=O) groups is 2. The summed E-state index contributed by atoms with van der Waals surface area (Å²) < 4.78 is 11.7. The van der Waals surface area contributed by atoms with Crippen molar-refractivity contribution < 1.29 is 18.7 Å².